The number of morpholine rings is 1. The van der Waals surface area contributed by atoms with E-state index in [0.717, 1.165) is 6.42 Å². The second-order valence-corrected chi connectivity index (χ2v) is 4.40. The van der Waals surface area contributed by atoms with E-state index in [1.54, 1.807) is 17.0 Å². The zero-order chi connectivity index (χ0) is 11.5. The van der Waals surface area contributed by atoms with Gasteiger partial charge in [-0.3, -0.25) is 9.69 Å². The van der Waals surface area contributed by atoms with Gasteiger partial charge in [-0.1, -0.05) is 6.92 Å². The van der Waals surface area contributed by atoms with Crippen LogP contribution in [0.5, 0.6) is 0 Å². The molecular formula is C11H12BrN2O2. The summed E-state index contributed by atoms with van der Waals surface area (Å²) in [6.07, 6.45) is 0.847. The topological polar surface area (TPSA) is 42.4 Å². The van der Waals surface area contributed by atoms with Crippen molar-refractivity contribution < 1.29 is 9.53 Å². The van der Waals surface area contributed by atoms with Gasteiger partial charge in [0.05, 0.1) is 12.6 Å². The third-order valence-electron chi connectivity index (χ3n) is 2.52. The average molecular weight is 284 g/mol. The number of carbonyl (C=O) groups is 1. The molecule has 1 aliphatic rings. The molecule has 1 aliphatic heterocycles. The number of pyridine rings is 1. The number of aromatic nitrogens is 1. The maximum absolute atomic E-state index is 11.8. The molecule has 0 aliphatic carbocycles. The van der Waals surface area contributed by atoms with Crippen molar-refractivity contribution in [3.63, 3.8) is 0 Å². The van der Waals surface area contributed by atoms with E-state index in [-0.39, 0.29) is 18.6 Å². The molecule has 0 saturated carbocycles. The highest BCUT2D eigenvalue weighted by Gasteiger charge is 2.29. The third kappa shape index (κ3) is 2.25. The van der Waals surface area contributed by atoms with Crippen LogP contribution in [-0.2, 0) is 9.53 Å². The number of ether oxygens (including phenoxy) is 1. The van der Waals surface area contributed by atoms with Crippen LogP contribution in [0, 0.1) is 6.07 Å². The van der Waals surface area contributed by atoms with Gasteiger partial charge in [-0.2, -0.15) is 0 Å². The fraction of sp³-hybridized carbons (Fsp3) is 0.455. The van der Waals surface area contributed by atoms with Crippen molar-refractivity contribution in [2.45, 2.75) is 19.4 Å². The molecule has 5 heteroatoms. The highest BCUT2D eigenvalue weighted by Crippen LogP contribution is 2.21. The Bertz CT molecular complexity index is 397. The van der Waals surface area contributed by atoms with Gasteiger partial charge in [-0.25, -0.2) is 4.98 Å². The van der Waals surface area contributed by atoms with Gasteiger partial charge in [0.2, 0.25) is 0 Å². The summed E-state index contributed by atoms with van der Waals surface area (Å²) in [6, 6.07) is 6.45. The minimum atomic E-state index is -0.0444. The smallest absolute Gasteiger partial charge is 0.254 e. The Morgan fingerprint density at radius 2 is 2.50 bits per heavy atom. The summed E-state index contributed by atoms with van der Waals surface area (Å²) in [4.78, 5) is 17.8. The van der Waals surface area contributed by atoms with Gasteiger partial charge in [0.15, 0.2) is 0 Å². The molecular weight excluding hydrogens is 272 g/mol. The first kappa shape index (κ1) is 11.5. The molecule has 1 saturated heterocycles. The molecule has 1 aromatic heterocycles. The highest BCUT2D eigenvalue weighted by molar-refractivity contribution is 9.10. The second-order valence-electron chi connectivity index (χ2n) is 3.59. The van der Waals surface area contributed by atoms with E-state index in [2.05, 4.69) is 27.0 Å². The summed E-state index contributed by atoms with van der Waals surface area (Å²) in [5.74, 6) is 0.589. The van der Waals surface area contributed by atoms with Crippen LogP contribution in [0.4, 0.5) is 5.82 Å². The lowest BCUT2D eigenvalue weighted by atomic mass is 10.1. The minimum absolute atomic E-state index is 0.0444. The fourth-order valence-corrected chi connectivity index (χ4v) is 2.04. The normalized spacial score (nSPS) is 21.2. The summed E-state index contributed by atoms with van der Waals surface area (Å²) >= 11 is 3.28. The summed E-state index contributed by atoms with van der Waals surface area (Å²) in [5.41, 5.74) is 0. The van der Waals surface area contributed by atoms with Crippen molar-refractivity contribution in [1.82, 2.24) is 4.98 Å². The van der Waals surface area contributed by atoms with E-state index >= 15 is 0 Å². The first-order valence-electron chi connectivity index (χ1n) is 5.15. The average Bonchev–Trinajstić information content (AvgIpc) is 2.28. The Hall–Kier alpha value is -0.940. The minimum Gasteiger partial charge on any atom is -0.369 e. The predicted octanol–water partition coefficient (Wildman–Crippen LogP) is 1.79. The second kappa shape index (κ2) is 4.93. The molecule has 16 heavy (non-hydrogen) atoms. The van der Waals surface area contributed by atoms with Gasteiger partial charge in [0.1, 0.15) is 17.0 Å². The fourth-order valence-electron chi connectivity index (χ4n) is 1.73. The number of anilines is 1. The van der Waals surface area contributed by atoms with Gasteiger partial charge < -0.3 is 4.74 Å². The first-order chi connectivity index (χ1) is 7.72. The number of hydrogen-bond acceptors (Lipinski definition) is 3. The molecule has 1 fully saturated rings. The Labute approximate surface area is 103 Å². The van der Waals surface area contributed by atoms with Crippen LogP contribution in [0.3, 0.4) is 0 Å². The summed E-state index contributed by atoms with van der Waals surface area (Å²) < 4.78 is 5.91. The van der Waals surface area contributed by atoms with E-state index in [9.17, 15) is 4.79 Å². The molecule has 85 valence electrons. The van der Waals surface area contributed by atoms with Gasteiger partial charge in [-0.05, 0) is 40.5 Å². The zero-order valence-electron chi connectivity index (χ0n) is 8.94. The maximum Gasteiger partial charge on any atom is 0.254 e. The molecule has 0 unspecified atom stereocenters. The molecule has 1 aromatic rings. The molecule has 1 atom stereocenters. The van der Waals surface area contributed by atoms with Crippen LogP contribution in [-0.4, -0.2) is 30.1 Å². The molecule has 1 radical (unpaired) electrons. The van der Waals surface area contributed by atoms with Crippen molar-refractivity contribution >= 4 is 27.7 Å². The van der Waals surface area contributed by atoms with Crippen LogP contribution in [0.25, 0.3) is 0 Å². The number of nitrogens with zero attached hydrogens (tertiary/aromatic N) is 2. The summed E-state index contributed by atoms with van der Waals surface area (Å²) in [5, 5.41) is 0. The SMILES string of the molecule is CC[C@H]1COCC(=O)N1c1c[c]cc(Br)n1. The van der Waals surface area contributed by atoms with E-state index in [1.165, 1.54) is 0 Å². The Kier molecular flexibility index (Phi) is 3.56. The molecule has 0 spiro atoms. The first-order valence-corrected chi connectivity index (χ1v) is 5.95. The molecule has 1 amide bonds. The van der Waals surface area contributed by atoms with Crippen molar-refractivity contribution in [2.75, 3.05) is 18.1 Å². The number of rotatable bonds is 2. The number of amides is 1. The van der Waals surface area contributed by atoms with Crippen molar-refractivity contribution in [3.8, 4) is 0 Å². The molecule has 2 heterocycles. The van der Waals surface area contributed by atoms with Crippen LogP contribution < -0.4 is 4.90 Å². The Balaban J connectivity index is 2.31. The zero-order valence-corrected chi connectivity index (χ0v) is 10.5. The van der Waals surface area contributed by atoms with Crippen molar-refractivity contribution in [2.24, 2.45) is 0 Å². The molecule has 0 aromatic carbocycles. The molecule has 2 rings (SSSR count). The van der Waals surface area contributed by atoms with Gasteiger partial charge in [0, 0.05) is 0 Å². The Morgan fingerprint density at radius 3 is 3.19 bits per heavy atom. The lowest BCUT2D eigenvalue weighted by Gasteiger charge is -2.34. The van der Waals surface area contributed by atoms with Crippen LogP contribution in [0.2, 0.25) is 0 Å². The van der Waals surface area contributed by atoms with E-state index in [1.807, 2.05) is 6.92 Å². The van der Waals surface area contributed by atoms with Crippen LogP contribution in [0.1, 0.15) is 13.3 Å². The van der Waals surface area contributed by atoms with E-state index in [4.69, 9.17) is 4.74 Å². The van der Waals surface area contributed by atoms with Crippen molar-refractivity contribution in [1.29, 1.82) is 0 Å². The third-order valence-corrected chi connectivity index (χ3v) is 2.93. The molecule has 0 N–H and O–H groups in total. The lowest BCUT2D eigenvalue weighted by molar-refractivity contribution is -0.127. The standard InChI is InChI=1S/C11H12BrN2O2/c1-2-8-6-16-7-11(15)14(8)10-5-3-4-9(12)13-10/h4-5,8H,2,6-7H2,1H3/t8-/m0/s1. The van der Waals surface area contributed by atoms with Gasteiger partial charge in [-0.15, -0.1) is 0 Å². The van der Waals surface area contributed by atoms with Crippen molar-refractivity contribution in [3.05, 3.63) is 22.8 Å². The summed E-state index contributed by atoms with van der Waals surface area (Å²) in [6.45, 7) is 2.72. The van der Waals surface area contributed by atoms with Crippen LogP contribution >= 0.6 is 15.9 Å². The molecule has 4 nitrogen and oxygen atoms in total. The number of carbonyl (C=O) groups excluding carboxylic acids is 1. The van der Waals surface area contributed by atoms with E-state index < -0.39 is 0 Å². The highest BCUT2D eigenvalue weighted by atomic mass is 79.9. The maximum atomic E-state index is 11.8. The van der Waals surface area contributed by atoms with Gasteiger partial charge in [0.25, 0.3) is 5.91 Å². The summed E-state index contributed by atoms with van der Waals surface area (Å²) in [7, 11) is 0. The molecule has 0 bridgehead atoms. The quantitative estimate of drug-likeness (QED) is 0.777. The monoisotopic (exact) mass is 283 g/mol. The largest absolute Gasteiger partial charge is 0.369 e. The van der Waals surface area contributed by atoms with Gasteiger partial charge >= 0.3 is 0 Å². The Morgan fingerprint density at radius 1 is 1.69 bits per heavy atom. The van der Waals surface area contributed by atoms with Crippen LogP contribution in [0.15, 0.2) is 16.7 Å². The number of halogens is 1. The lowest BCUT2D eigenvalue weighted by Crippen LogP contribution is -2.49. The predicted molar refractivity (Wildman–Crippen MR) is 63.2 cm³/mol. The van der Waals surface area contributed by atoms with E-state index in [0.29, 0.717) is 17.0 Å². The number of hydrogen-bond donors (Lipinski definition) is 0.